The average molecular weight is 439 g/mol. The highest BCUT2D eigenvalue weighted by Gasteiger charge is 2.41. The molecule has 1 aliphatic heterocycles. The third kappa shape index (κ3) is 5.64. The molecular formula is C20H26N2O5S2. The number of likely N-dealkylation sites (tertiary alicyclic amines) is 1. The number of ether oxygens (including phenoxy) is 1. The summed E-state index contributed by atoms with van der Waals surface area (Å²) < 4.78 is 5.53. The number of thiophene rings is 2. The molecule has 3 N–H and O–H groups in total. The largest absolute Gasteiger partial charge is 0.477 e. The van der Waals surface area contributed by atoms with Crippen molar-refractivity contribution in [2.24, 2.45) is 5.92 Å². The van der Waals surface area contributed by atoms with Crippen LogP contribution in [0.5, 0.6) is 0 Å². The van der Waals surface area contributed by atoms with E-state index in [1.54, 1.807) is 24.3 Å². The lowest BCUT2D eigenvalue weighted by atomic mass is 9.98. The van der Waals surface area contributed by atoms with E-state index in [-0.39, 0.29) is 11.4 Å². The van der Waals surface area contributed by atoms with Gasteiger partial charge in [0.25, 0.3) is 0 Å². The van der Waals surface area contributed by atoms with Gasteiger partial charge in [-0.2, -0.15) is 0 Å². The van der Waals surface area contributed by atoms with Gasteiger partial charge in [0.1, 0.15) is 4.88 Å². The first kappa shape index (κ1) is 21.9. The van der Waals surface area contributed by atoms with Gasteiger partial charge in [0.15, 0.2) is 0 Å². The molecule has 1 aliphatic rings. The van der Waals surface area contributed by atoms with Crippen molar-refractivity contribution in [1.82, 2.24) is 10.2 Å². The molecule has 2 aromatic heterocycles. The summed E-state index contributed by atoms with van der Waals surface area (Å²) in [6.07, 6.45) is 1.95. The number of nitrogens with one attached hydrogen (secondary N) is 1. The van der Waals surface area contributed by atoms with Crippen LogP contribution in [0, 0.1) is 5.92 Å². The molecule has 158 valence electrons. The average Bonchev–Trinajstić information content (AvgIpc) is 3.39. The van der Waals surface area contributed by atoms with Crippen LogP contribution in [0.2, 0.25) is 0 Å². The summed E-state index contributed by atoms with van der Waals surface area (Å²) in [4.78, 5) is 27.7. The Morgan fingerprint density at radius 2 is 2.07 bits per heavy atom. The number of carbonyl (C=O) groups excluding carboxylic acids is 1. The maximum Gasteiger partial charge on any atom is 0.345 e. The Labute approximate surface area is 177 Å². The Morgan fingerprint density at radius 3 is 2.69 bits per heavy atom. The van der Waals surface area contributed by atoms with E-state index in [9.17, 15) is 14.7 Å². The molecule has 1 unspecified atom stereocenters. The van der Waals surface area contributed by atoms with Crippen LogP contribution in [0.4, 0.5) is 0 Å². The number of hydrogen-bond acceptors (Lipinski definition) is 8. The molecule has 0 spiro atoms. The first-order valence-electron chi connectivity index (χ1n) is 9.53. The predicted octanol–water partition coefficient (Wildman–Crippen LogP) is 2.37. The Morgan fingerprint density at radius 1 is 1.31 bits per heavy atom. The first-order chi connectivity index (χ1) is 13.9. The fourth-order valence-electron chi connectivity index (χ4n) is 3.27. The molecule has 0 aromatic carbocycles. The first-order valence-corrected chi connectivity index (χ1v) is 11.2. The van der Waals surface area contributed by atoms with Gasteiger partial charge in [-0.05, 0) is 62.5 Å². The summed E-state index contributed by atoms with van der Waals surface area (Å²) in [5.74, 6) is -1.30. The zero-order chi connectivity index (χ0) is 20.9. The number of aliphatic hydroxyl groups is 1. The van der Waals surface area contributed by atoms with Crippen molar-refractivity contribution in [3.63, 3.8) is 0 Å². The van der Waals surface area contributed by atoms with E-state index in [0.717, 1.165) is 30.8 Å². The lowest BCUT2D eigenvalue weighted by molar-refractivity contribution is -0.168. The third-order valence-electron chi connectivity index (χ3n) is 5.11. The van der Waals surface area contributed by atoms with E-state index in [4.69, 9.17) is 9.84 Å². The molecule has 29 heavy (non-hydrogen) atoms. The smallest absolute Gasteiger partial charge is 0.345 e. The molecule has 0 radical (unpaired) electrons. The van der Waals surface area contributed by atoms with E-state index in [0.29, 0.717) is 23.9 Å². The predicted molar refractivity (Wildman–Crippen MR) is 112 cm³/mol. The van der Waals surface area contributed by atoms with E-state index < -0.39 is 17.5 Å². The van der Waals surface area contributed by atoms with Gasteiger partial charge in [-0.15, -0.1) is 22.7 Å². The molecule has 3 rings (SSSR count). The van der Waals surface area contributed by atoms with Gasteiger partial charge in [-0.3, -0.25) is 0 Å². The highest BCUT2D eigenvalue weighted by Crippen LogP contribution is 2.28. The Hall–Kier alpha value is -1.78. The van der Waals surface area contributed by atoms with Crippen LogP contribution in [-0.4, -0.2) is 60.3 Å². The zero-order valence-electron chi connectivity index (χ0n) is 16.3. The number of piperidine rings is 1. The molecule has 1 fully saturated rings. The lowest BCUT2D eigenvalue weighted by Gasteiger charge is -2.30. The van der Waals surface area contributed by atoms with Crippen molar-refractivity contribution < 1.29 is 24.5 Å². The van der Waals surface area contributed by atoms with Gasteiger partial charge in [-0.1, -0.05) is 6.07 Å². The number of aromatic carboxylic acids is 1. The maximum absolute atomic E-state index is 12.8. The minimum atomic E-state index is -1.77. The number of hydrogen-bond donors (Lipinski definition) is 3. The minimum Gasteiger partial charge on any atom is -0.477 e. The van der Waals surface area contributed by atoms with Crippen molar-refractivity contribution >= 4 is 34.6 Å². The SMILES string of the molecule is CN1CCC(COC(=O)C(O)(CNCc2ccc(C(=O)O)s2)c2cccs2)CC1. The van der Waals surface area contributed by atoms with Crippen LogP contribution in [-0.2, 0) is 21.7 Å². The number of rotatable bonds is 9. The van der Waals surface area contributed by atoms with Crippen LogP contribution >= 0.6 is 22.7 Å². The normalized spacial score (nSPS) is 17.7. The van der Waals surface area contributed by atoms with Crippen molar-refractivity contribution in [2.75, 3.05) is 33.3 Å². The Bertz CT molecular complexity index is 815. The monoisotopic (exact) mass is 438 g/mol. The fraction of sp³-hybridized carbons (Fsp3) is 0.500. The molecule has 0 bridgehead atoms. The molecule has 3 heterocycles. The number of esters is 1. The fourth-order valence-corrected chi connectivity index (χ4v) is 4.90. The summed E-state index contributed by atoms with van der Waals surface area (Å²) in [6, 6.07) is 6.78. The topological polar surface area (TPSA) is 99.1 Å². The second-order valence-electron chi connectivity index (χ2n) is 7.36. The second kappa shape index (κ2) is 9.82. The molecular weight excluding hydrogens is 412 g/mol. The number of nitrogens with zero attached hydrogens (tertiary/aromatic N) is 1. The summed E-state index contributed by atoms with van der Waals surface area (Å²) in [5, 5.41) is 25.1. The number of carbonyl (C=O) groups is 2. The van der Waals surface area contributed by atoms with E-state index >= 15 is 0 Å². The van der Waals surface area contributed by atoms with Crippen LogP contribution < -0.4 is 5.32 Å². The van der Waals surface area contributed by atoms with Crippen LogP contribution in [0.3, 0.4) is 0 Å². The summed E-state index contributed by atoms with van der Waals surface area (Å²) in [5.41, 5.74) is -1.77. The standard InChI is InChI=1S/C20H26N2O5S2/c1-22-8-6-14(7-9-22)12-27-19(25)20(26,17-3-2-10-28-17)13-21-11-15-4-5-16(29-15)18(23)24/h2-5,10,14,21,26H,6-9,11-13H2,1H3,(H,23,24). The zero-order valence-corrected chi connectivity index (χ0v) is 17.9. The van der Waals surface area contributed by atoms with Gasteiger partial charge in [0.05, 0.1) is 6.61 Å². The number of carboxylic acids is 1. The van der Waals surface area contributed by atoms with Crippen molar-refractivity contribution in [3.8, 4) is 0 Å². The third-order valence-corrected chi connectivity index (χ3v) is 7.20. The molecule has 0 aliphatic carbocycles. The highest BCUT2D eigenvalue weighted by molar-refractivity contribution is 7.13. The van der Waals surface area contributed by atoms with Gasteiger partial charge in [-0.25, -0.2) is 9.59 Å². The summed E-state index contributed by atoms with van der Waals surface area (Å²) >= 11 is 2.47. The lowest BCUT2D eigenvalue weighted by Crippen LogP contribution is -2.46. The van der Waals surface area contributed by atoms with E-state index in [2.05, 4.69) is 17.3 Å². The maximum atomic E-state index is 12.8. The van der Waals surface area contributed by atoms with E-state index in [1.807, 2.05) is 5.38 Å². The van der Waals surface area contributed by atoms with Gasteiger partial charge in [0.2, 0.25) is 5.60 Å². The van der Waals surface area contributed by atoms with Gasteiger partial charge in [0, 0.05) is 22.8 Å². The molecule has 0 saturated carbocycles. The van der Waals surface area contributed by atoms with Crippen molar-refractivity contribution in [2.45, 2.75) is 25.0 Å². The van der Waals surface area contributed by atoms with Crippen molar-refractivity contribution in [1.29, 1.82) is 0 Å². The van der Waals surface area contributed by atoms with Crippen molar-refractivity contribution in [3.05, 3.63) is 44.3 Å². The molecule has 0 amide bonds. The Kier molecular flexibility index (Phi) is 7.42. The Balaban J connectivity index is 1.59. The van der Waals surface area contributed by atoms with Crippen LogP contribution in [0.1, 0.15) is 32.3 Å². The molecule has 1 saturated heterocycles. The van der Waals surface area contributed by atoms with E-state index in [1.165, 1.54) is 22.7 Å². The quantitative estimate of drug-likeness (QED) is 0.517. The second-order valence-corrected chi connectivity index (χ2v) is 9.47. The van der Waals surface area contributed by atoms with Gasteiger partial charge < -0.3 is 25.2 Å². The molecule has 1 atom stereocenters. The van der Waals surface area contributed by atoms with Crippen LogP contribution in [0.25, 0.3) is 0 Å². The summed E-state index contributed by atoms with van der Waals surface area (Å²) in [6.45, 7) is 2.62. The molecule has 7 nitrogen and oxygen atoms in total. The summed E-state index contributed by atoms with van der Waals surface area (Å²) in [7, 11) is 2.08. The molecule has 9 heteroatoms. The highest BCUT2D eigenvalue weighted by atomic mass is 32.1. The number of carboxylic acid groups (broad SMARTS) is 1. The van der Waals surface area contributed by atoms with Crippen LogP contribution in [0.15, 0.2) is 29.6 Å². The molecule has 2 aromatic rings. The van der Waals surface area contributed by atoms with Gasteiger partial charge >= 0.3 is 11.9 Å². The minimum absolute atomic E-state index is 0.0138.